The molecule has 0 saturated carbocycles. The minimum atomic E-state index is -0.794. The molecule has 0 bridgehead atoms. The molecule has 192 valence electrons. The monoisotopic (exact) mass is 521 g/mol. The molecular formula is C27H27N3O6S. The number of fused-ring (bicyclic) bond motifs is 1. The molecule has 3 aromatic rings. The largest absolute Gasteiger partial charge is 0.467 e. The average Bonchev–Trinajstić information content (AvgIpc) is 3.57. The number of amides is 4. The summed E-state index contributed by atoms with van der Waals surface area (Å²) in [5, 5.41) is 3.03. The number of esters is 1. The first-order valence-corrected chi connectivity index (χ1v) is 13.0. The van der Waals surface area contributed by atoms with Crippen molar-refractivity contribution < 1.29 is 28.3 Å². The van der Waals surface area contributed by atoms with Crippen LogP contribution in [-0.4, -0.2) is 39.9 Å². The summed E-state index contributed by atoms with van der Waals surface area (Å²) in [6.07, 6.45) is 6.82. The van der Waals surface area contributed by atoms with Gasteiger partial charge in [0.1, 0.15) is 16.3 Å². The van der Waals surface area contributed by atoms with Gasteiger partial charge in [0.25, 0.3) is 11.8 Å². The van der Waals surface area contributed by atoms with Crippen molar-refractivity contribution in [1.29, 1.82) is 0 Å². The number of aryl methyl sites for hydroxylation is 2. The average molecular weight is 522 g/mol. The maximum Gasteiger partial charge on any atom is 0.341 e. The maximum absolute atomic E-state index is 13.2. The number of nitrogens with zero attached hydrogens (tertiary/aromatic N) is 2. The Bertz CT molecular complexity index is 1440. The van der Waals surface area contributed by atoms with Crippen molar-refractivity contribution in [3.8, 4) is 5.00 Å². The third kappa shape index (κ3) is 4.42. The highest BCUT2D eigenvalue weighted by molar-refractivity contribution is 7.15. The first-order valence-electron chi connectivity index (χ1n) is 12.2. The Hall–Kier alpha value is -3.92. The SMILES string of the molecule is CCOC(=O)c1c(-n2c(C)cc(/C=C3\C(=O)NC(=O)N(Cc4ccco4)C3=O)c2C)sc2c1CCCC2. The molecule has 0 radical (unpaired) electrons. The number of ether oxygens (including phenoxy) is 1. The molecule has 9 nitrogen and oxygen atoms in total. The van der Waals surface area contributed by atoms with Gasteiger partial charge in [-0.25, -0.2) is 9.59 Å². The van der Waals surface area contributed by atoms with Crippen molar-refractivity contribution in [3.63, 3.8) is 0 Å². The van der Waals surface area contributed by atoms with Gasteiger partial charge in [-0.2, -0.15) is 0 Å². The molecule has 4 amide bonds. The Kier molecular flexibility index (Phi) is 6.59. The lowest BCUT2D eigenvalue weighted by Gasteiger charge is -2.25. The van der Waals surface area contributed by atoms with Crippen LogP contribution in [0.15, 0.2) is 34.5 Å². The summed E-state index contributed by atoms with van der Waals surface area (Å²) < 4.78 is 12.7. The highest BCUT2D eigenvalue weighted by Crippen LogP contribution is 2.39. The normalized spacial score (nSPS) is 16.8. The summed E-state index contributed by atoms with van der Waals surface area (Å²) in [6.45, 7) is 5.78. The summed E-state index contributed by atoms with van der Waals surface area (Å²) in [7, 11) is 0. The zero-order chi connectivity index (χ0) is 26.3. The number of thiophene rings is 1. The van der Waals surface area contributed by atoms with Crippen molar-refractivity contribution in [3.05, 3.63) is 68.8 Å². The Balaban J connectivity index is 1.55. The Morgan fingerprint density at radius 3 is 2.73 bits per heavy atom. The third-order valence-electron chi connectivity index (χ3n) is 6.69. The fourth-order valence-electron chi connectivity index (χ4n) is 4.92. The number of carbonyl (C=O) groups excluding carboxylic acids is 4. The molecule has 1 fully saturated rings. The number of nitrogens with one attached hydrogen (secondary N) is 1. The van der Waals surface area contributed by atoms with E-state index in [4.69, 9.17) is 9.15 Å². The molecule has 2 aliphatic rings. The van der Waals surface area contributed by atoms with Crippen LogP contribution in [0.1, 0.15) is 63.3 Å². The van der Waals surface area contributed by atoms with E-state index in [1.807, 2.05) is 24.5 Å². The van der Waals surface area contributed by atoms with Crippen LogP contribution in [0.3, 0.4) is 0 Å². The van der Waals surface area contributed by atoms with Gasteiger partial charge < -0.3 is 13.7 Å². The molecule has 1 saturated heterocycles. The van der Waals surface area contributed by atoms with E-state index >= 15 is 0 Å². The number of imide groups is 2. The number of rotatable bonds is 6. The predicted octanol–water partition coefficient (Wildman–Crippen LogP) is 4.47. The fraction of sp³-hybridized carbons (Fsp3) is 0.333. The van der Waals surface area contributed by atoms with Crippen LogP contribution < -0.4 is 5.32 Å². The lowest BCUT2D eigenvalue weighted by molar-refractivity contribution is -0.130. The topological polar surface area (TPSA) is 111 Å². The number of barbiturate groups is 1. The number of furan rings is 1. The van der Waals surface area contributed by atoms with Gasteiger partial charge in [0.15, 0.2) is 0 Å². The molecule has 1 aliphatic heterocycles. The van der Waals surface area contributed by atoms with Crippen LogP contribution in [-0.2, 0) is 33.7 Å². The zero-order valence-corrected chi connectivity index (χ0v) is 21.7. The van der Waals surface area contributed by atoms with Crippen LogP contribution in [0.5, 0.6) is 0 Å². The van der Waals surface area contributed by atoms with Crippen molar-refractivity contribution in [2.75, 3.05) is 6.61 Å². The molecule has 37 heavy (non-hydrogen) atoms. The van der Waals surface area contributed by atoms with E-state index in [1.54, 1.807) is 30.4 Å². The fourth-order valence-corrected chi connectivity index (χ4v) is 6.41. The van der Waals surface area contributed by atoms with Gasteiger partial charge in [-0.05, 0) is 81.9 Å². The van der Waals surface area contributed by atoms with E-state index in [-0.39, 0.29) is 24.7 Å². The van der Waals surface area contributed by atoms with E-state index in [0.29, 0.717) is 16.9 Å². The minimum absolute atomic E-state index is 0.0923. The van der Waals surface area contributed by atoms with Crippen LogP contribution in [0.4, 0.5) is 4.79 Å². The van der Waals surface area contributed by atoms with Crippen LogP contribution in [0.25, 0.3) is 11.1 Å². The van der Waals surface area contributed by atoms with Gasteiger partial charge in [-0.15, -0.1) is 11.3 Å². The van der Waals surface area contributed by atoms with Gasteiger partial charge in [0.2, 0.25) is 0 Å². The number of hydrogen-bond donors (Lipinski definition) is 1. The molecule has 0 spiro atoms. The second-order valence-corrected chi connectivity index (χ2v) is 10.1. The van der Waals surface area contributed by atoms with Crippen molar-refractivity contribution in [1.82, 2.24) is 14.8 Å². The standard InChI is InChI=1S/C27H27N3O6S/c1-4-35-26(33)22-19-9-5-6-10-21(19)37-25(22)30-15(2)12-17(16(30)3)13-20-23(31)28-27(34)29(24(20)32)14-18-8-7-11-36-18/h7-8,11-13H,4-6,9-10,14H2,1-3H3,(H,28,31,34)/b20-13+. The lowest BCUT2D eigenvalue weighted by Crippen LogP contribution is -2.53. The van der Waals surface area contributed by atoms with Gasteiger partial charge >= 0.3 is 12.0 Å². The molecule has 0 atom stereocenters. The van der Waals surface area contributed by atoms with Gasteiger partial charge in [0, 0.05) is 16.3 Å². The predicted molar refractivity (Wildman–Crippen MR) is 136 cm³/mol. The summed E-state index contributed by atoms with van der Waals surface area (Å²) in [6, 6.07) is 4.38. The lowest BCUT2D eigenvalue weighted by atomic mass is 9.95. The van der Waals surface area contributed by atoms with Crippen LogP contribution >= 0.6 is 11.3 Å². The summed E-state index contributed by atoms with van der Waals surface area (Å²) in [4.78, 5) is 53.3. The summed E-state index contributed by atoms with van der Waals surface area (Å²) in [5.41, 5.74) is 3.77. The Morgan fingerprint density at radius 2 is 2.00 bits per heavy atom. The van der Waals surface area contributed by atoms with E-state index in [1.165, 1.54) is 17.2 Å². The van der Waals surface area contributed by atoms with Crippen molar-refractivity contribution in [2.24, 2.45) is 0 Å². The number of carbonyl (C=O) groups is 4. The maximum atomic E-state index is 13.2. The molecule has 0 unspecified atom stereocenters. The molecule has 4 heterocycles. The van der Waals surface area contributed by atoms with E-state index in [9.17, 15) is 19.2 Å². The number of hydrogen-bond acceptors (Lipinski definition) is 7. The summed E-state index contributed by atoms with van der Waals surface area (Å²) in [5.74, 6) is -1.37. The number of urea groups is 1. The van der Waals surface area contributed by atoms with E-state index in [2.05, 4.69) is 5.32 Å². The number of aromatic nitrogens is 1. The molecule has 1 N–H and O–H groups in total. The van der Waals surface area contributed by atoms with Crippen molar-refractivity contribution in [2.45, 2.75) is 53.0 Å². The van der Waals surface area contributed by atoms with Gasteiger partial charge in [0.05, 0.1) is 25.0 Å². The molecular weight excluding hydrogens is 494 g/mol. The zero-order valence-electron chi connectivity index (χ0n) is 20.9. The molecule has 10 heteroatoms. The van der Waals surface area contributed by atoms with Gasteiger partial charge in [-0.3, -0.25) is 19.8 Å². The van der Waals surface area contributed by atoms with E-state index < -0.39 is 17.8 Å². The molecule has 3 aromatic heterocycles. The Labute approximate surface area is 217 Å². The molecule has 1 aliphatic carbocycles. The molecule has 5 rings (SSSR count). The second-order valence-electron chi connectivity index (χ2n) is 9.06. The van der Waals surface area contributed by atoms with Crippen LogP contribution in [0.2, 0.25) is 0 Å². The van der Waals surface area contributed by atoms with Crippen molar-refractivity contribution >= 4 is 41.2 Å². The van der Waals surface area contributed by atoms with E-state index in [0.717, 1.165) is 52.5 Å². The quantitative estimate of drug-likeness (QED) is 0.291. The van der Waals surface area contributed by atoms with Gasteiger partial charge in [-0.1, -0.05) is 0 Å². The first kappa shape index (κ1) is 24.8. The van der Waals surface area contributed by atoms with Crippen LogP contribution in [0, 0.1) is 13.8 Å². The third-order valence-corrected chi connectivity index (χ3v) is 7.96. The minimum Gasteiger partial charge on any atom is -0.467 e. The first-order chi connectivity index (χ1) is 17.8. The smallest absolute Gasteiger partial charge is 0.341 e. The molecule has 0 aromatic carbocycles. The highest BCUT2D eigenvalue weighted by atomic mass is 32.1. The Morgan fingerprint density at radius 1 is 1.22 bits per heavy atom. The highest BCUT2D eigenvalue weighted by Gasteiger charge is 2.36. The second kappa shape index (κ2) is 9.85. The summed E-state index contributed by atoms with van der Waals surface area (Å²) >= 11 is 1.59.